The number of thiazole rings is 1. The van der Waals surface area contributed by atoms with Crippen molar-refractivity contribution in [2.75, 3.05) is 0 Å². The number of nitrogens with zero attached hydrogens (tertiary/aromatic N) is 1. The minimum Gasteiger partial charge on any atom is -0.281 e. The molecule has 0 saturated heterocycles. The molecular weight excluding hydrogens is 318 g/mol. The summed E-state index contributed by atoms with van der Waals surface area (Å²) in [5.74, 6) is 0. The Balaban J connectivity index is 2.00. The van der Waals surface area contributed by atoms with Crippen LogP contribution in [0.15, 0.2) is 35.7 Å². The van der Waals surface area contributed by atoms with Gasteiger partial charge in [0, 0.05) is 21.4 Å². The second kappa shape index (κ2) is 5.75. The Kier molecular flexibility index (Phi) is 3.97. The maximum atomic E-state index is 11.4. The highest BCUT2D eigenvalue weighted by Gasteiger charge is 2.14. The second-order valence-electron chi connectivity index (χ2n) is 4.79. The minimum absolute atomic E-state index is 0.190. The molecule has 2 aromatic heterocycles. The lowest BCUT2D eigenvalue weighted by Crippen LogP contribution is -1.81. The molecule has 0 unspecified atom stereocenters. The van der Waals surface area contributed by atoms with Gasteiger partial charge in [-0.1, -0.05) is 36.4 Å². The van der Waals surface area contributed by atoms with Crippen LogP contribution in [0.2, 0.25) is 0 Å². The van der Waals surface area contributed by atoms with E-state index in [1.54, 1.807) is 11.3 Å². The van der Waals surface area contributed by atoms with Crippen molar-refractivity contribution in [2.45, 2.75) is 13.8 Å². The van der Waals surface area contributed by atoms with Gasteiger partial charge in [0.2, 0.25) is 5.12 Å². The Labute approximate surface area is 136 Å². The normalized spacial score (nSPS) is 10.8. The van der Waals surface area contributed by atoms with Gasteiger partial charge in [-0.05, 0) is 26.0 Å². The first-order chi connectivity index (χ1) is 10.0. The van der Waals surface area contributed by atoms with Gasteiger partial charge in [-0.2, -0.15) is 0 Å². The fraction of sp³-hybridized carbons (Fsp3) is 0.125. The van der Waals surface area contributed by atoms with Crippen LogP contribution in [0.1, 0.15) is 20.1 Å². The summed E-state index contributed by atoms with van der Waals surface area (Å²) in [6.45, 7) is 4.08. The lowest BCUT2D eigenvalue weighted by Gasteiger charge is -1.98. The van der Waals surface area contributed by atoms with E-state index in [9.17, 15) is 4.79 Å². The number of thiol groups is 1. The third kappa shape index (κ3) is 2.95. The van der Waals surface area contributed by atoms with Gasteiger partial charge in [0.15, 0.2) is 0 Å². The minimum atomic E-state index is -0.190. The van der Waals surface area contributed by atoms with Crippen LogP contribution in [0.4, 0.5) is 0 Å². The van der Waals surface area contributed by atoms with Gasteiger partial charge < -0.3 is 0 Å². The monoisotopic (exact) mass is 331 g/mol. The SMILES string of the molecule is Cc1cccc(-c2csc(-c3cc(C(=O)S)sc3C)n2)c1. The van der Waals surface area contributed by atoms with Crippen molar-refractivity contribution < 1.29 is 4.79 Å². The maximum absolute atomic E-state index is 11.4. The van der Waals surface area contributed by atoms with Crippen molar-refractivity contribution in [1.29, 1.82) is 0 Å². The Hall–Kier alpha value is -1.43. The van der Waals surface area contributed by atoms with Crippen molar-refractivity contribution in [3.05, 3.63) is 51.0 Å². The summed E-state index contributed by atoms with van der Waals surface area (Å²) >= 11 is 6.96. The Morgan fingerprint density at radius 3 is 2.71 bits per heavy atom. The summed E-state index contributed by atoms with van der Waals surface area (Å²) in [5.41, 5.74) is 4.34. The van der Waals surface area contributed by atoms with Crippen molar-refractivity contribution in [2.24, 2.45) is 0 Å². The van der Waals surface area contributed by atoms with Crippen LogP contribution >= 0.6 is 35.3 Å². The summed E-state index contributed by atoms with van der Waals surface area (Å²) in [5, 5.41) is 2.81. The number of rotatable bonds is 3. The highest BCUT2D eigenvalue weighted by molar-refractivity contribution is 7.97. The lowest BCUT2D eigenvalue weighted by molar-refractivity contribution is 0.109. The first-order valence-electron chi connectivity index (χ1n) is 6.41. The van der Waals surface area contributed by atoms with Gasteiger partial charge in [0.1, 0.15) is 5.01 Å². The first-order valence-corrected chi connectivity index (χ1v) is 8.55. The van der Waals surface area contributed by atoms with Crippen LogP contribution in [0.5, 0.6) is 0 Å². The average molecular weight is 331 g/mol. The predicted molar refractivity (Wildman–Crippen MR) is 93.7 cm³/mol. The number of hydrogen-bond donors (Lipinski definition) is 1. The van der Waals surface area contributed by atoms with Gasteiger partial charge in [-0.3, -0.25) is 4.79 Å². The third-order valence-electron chi connectivity index (χ3n) is 3.18. The molecule has 0 aliphatic carbocycles. The number of thiophene rings is 1. The topological polar surface area (TPSA) is 30.0 Å². The highest BCUT2D eigenvalue weighted by Crippen LogP contribution is 2.35. The molecule has 3 aromatic rings. The van der Waals surface area contributed by atoms with Crippen LogP contribution in [-0.4, -0.2) is 10.1 Å². The van der Waals surface area contributed by atoms with Crippen molar-refractivity contribution >= 4 is 40.4 Å². The maximum Gasteiger partial charge on any atom is 0.226 e. The second-order valence-corrected chi connectivity index (χ2v) is 7.31. The van der Waals surface area contributed by atoms with Crippen molar-refractivity contribution in [3.63, 3.8) is 0 Å². The fourth-order valence-corrected chi connectivity index (χ4v) is 4.16. The highest BCUT2D eigenvalue weighted by atomic mass is 32.1. The summed E-state index contributed by atoms with van der Waals surface area (Å²) < 4.78 is 0. The molecule has 0 N–H and O–H groups in total. The Morgan fingerprint density at radius 1 is 1.24 bits per heavy atom. The smallest absolute Gasteiger partial charge is 0.226 e. The van der Waals surface area contributed by atoms with Gasteiger partial charge >= 0.3 is 0 Å². The van der Waals surface area contributed by atoms with E-state index in [2.05, 4.69) is 43.1 Å². The van der Waals surface area contributed by atoms with E-state index in [1.807, 2.05) is 19.1 Å². The summed E-state index contributed by atoms with van der Waals surface area (Å²) in [6.07, 6.45) is 0. The van der Waals surface area contributed by atoms with Crippen molar-refractivity contribution in [1.82, 2.24) is 4.98 Å². The van der Waals surface area contributed by atoms with Gasteiger partial charge in [-0.15, -0.1) is 22.7 Å². The average Bonchev–Trinajstić information content (AvgIpc) is 3.05. The molecule has 0 bridgehead atoms. The van der Waals surface area contributed by atoms with E-state index < -0.39 is 0 Å². The zero-order chi connectivity index (χ0) is 15.0. The quantitative estimate of drug-likeness (QED) is 0.666. The van der Waals surface area contributed by atoms with E-state index in [0.29, 0.717) is 4.88 Å². The summed E-state index contributed by atoms with van der Waals surface area (Å²) in [4.78, 5) is 17.8. The van der Waals surface area contributed by atoms with Crippen LogP contribution in [0.25, 0.3) is 21.8 Å². The number of carbonyl (C=O) groups is 1. The number of aromatic nitrogens is 1. The molecule has 0 aliphatic heterocycles. The fourth-order valence-electron chi connectivity index (χ4n) is 2.13. The first kappa shape index (κ1) is 14.5. The molecule has 0 radical (unpaired) electrons. The van der Waals surface area contributed by atoms with Crippen LogP contribution < -0.4 is 0 Å². The lowest BCUT2D eigenvalue weighted by atomic mass is 10.1. The molecule has 0 atom stereocenters. The largest absolute Gasteiger partial charge is 0.281 e. The van der Waals surface area contributed by atoms with Gasteiger partial charge in [0.25, 0.3) is 0 Å². The predicted octanol–water partition coefficient (Wildman–Crippen LogP) is 5.23. The molecule has 5 heteroatoms. The standard InChI is InChI=1S/C16H13NOS3/c1-9-4-3-5-11(6-9)13-8-20-15(17-13)12-7-14(16(18)19)21-10(12)2/h3-8H,1-2H3,(H,18,19). The summed E-state index contributed by atoms with van der Waals surface area (Å²) in [6, 6.07) is 10.2. The molecule has 3 rings (SSSR count). The molecule has 106 valence electrons. The van der Waals surface area contributed by atoms with Crippen LogP contribution in [0, 0.1) is 13.8 Å². The van der Waals surface area contributed by atoms with E-state index in [1.165, 1.54) is 16.9 Å². The van der Waals surface area contributed by atoms with Crippen molar-refractivity contribution in [3.8, 4) is 21.8 Å². The van der Waals surface area contributed by atoms with Gasteiger partial charge in [0.05, 0.1) is 10.6 Å². The van der Waals surface area contributed by atoms with Crippen LogP contribution in [-0.2, 0) is 0 Å². The third-order valence-corrected chi connectivity index (χ3v) is 5.49. The molecule has 0 aliphatic rings. The summed E-state index contributed by atoms with van der Waals surface area (Å²) in [7, 11) is 0. The number of hydrogen-bond acceptors (Lipinski definition) is 4. The number of carbonyl (C=O) groups excluding carboxylic acids is 1. The van der Waals surface area contributed by atoms with Crippen LogP contribution in [0.3, 0.4) is 0 Å². The molecule has 21 heavy (non-hydrogen) atoms. The molecule has 0 saturated carbocycles. The molecule has 2 heterocycles. The van der Waals surface area contributed by atoms with E-state index in [0.717, 1.165) is 26.7 Å². The van der Waals surface area contributed by atoms with E-state index in [4.69, 9.17) is 4.98 Å². The van der Waals surface area contributed by atoms with E-state index >= 15 is 0 Å². The van der Waals surface area contributed by atoms with E-state index in [-0.39, 0.29) is 5.12 Å². The zero-order valence-corrected chi connectivity index (χ0v) is 14.1. The molecular formula is C16H13NOS3. The molecule has 1 aromatic carbocycles. The molecule has 0 spiro atoms. The Morgan fingerprint density at radius 2 is 2.05 bits per heavy atom. The Bertz CT molecular complexity index is 817. The molecule has 0 amide bonds. The zero-order valence-electron chi connectivity index (χ0n) is 11.6. The molecule has 2 nitrogen and oxygen atoms in total. The number of aryl methyl sites for hydroxylation is 2. The molecule has 0 fully saturated rings. The number of benzene rings is 1. The van der Waals surface area contributed by atoms with Gasteiger partial charge in [-0.25, -0.2) is 4.98 Å².